The van der Waals surface area contributed by atoms with Gasteiger partial charge >= 0.3 is 0 Å². The highest BCUT2D eigenvalue weighted by molar-refractivity contribution is 14.0. The molecule has 0 unspecified atom stereocenters. The quantitative estimate of drug-likeness (QED) is 0.327. The number of halogens is 1. The van der Waals surface area contributed by atoms with E-state index in [0.717, 1.165) is 42.6 Å². The van der Waals surface area contributed by atoms with Gasteiger partial charge in [0.25, 0.3) is 0 Å². The predicted octanol–water partition coefficient (Wildman–Crippen LogP) is 3.51. The lowest BCUT2D eigenvalue weighted by atomic mass is 10.2. The summed E-state index contributed by atoms with van der Waals surface area (Å²) in [4.78, 5) is 16.2. The minimum absolute atomic E-state index is 0. The standard InChI is InChI=1S/C18H28N4O.HI/c1-3-5-17(23)22-16-10-8-15(9-11-16)13-21-18(19-4-2)20-12-14-6-7-14;/h8-11,14H,3-7,12-13H2,1-2H3,(H,22,23)(H2,19,20,21);1H. The van der Waals surface area contributed by atoms with Crippen LogP contribution in [-0.4, -0.2) is 25.0 Å². The fourth-order valence-electron chi connectivity index (χ4n) is 2.22. The van der Waals surface area contributed by atoms with Gasteiger partial charge in [0.05, 0.1) is 6.54 Å². The molecule has 3 N–H and O–H groups in total. The Labute approximate surface area is 162 Å². The molecule has 0 spiro atoms. The van der Waals surface area contributed by atoms with Crippen molar-refractivity contribution in [3.63, 3.8) is 0 Å². The average Bonchev–Trinajstić information content (AvgIpc) is 3.36. The summed E-state index contributed by atoms with van der Waals surface area (Å²) < 4.78 is 0. The predicted molar refractivity (Wildman–Crippen MR) is 111 cm³/mol. The van der Waals surface area contributed by atoms with Gasteiger partial charge in [0.15, 0.2) is 5.96 Å². The molecule has 6 heteroatoms. The summed E-state index contributed by atoms with van der Waals surface area (Å²) in [5.74, 6) is 1.77. The summed E-state index contributed by atoms with van der Waals surface area (Å²) in [5, 5.41) is 9.55. The fraction of sp³-hybridized carbons (Fsp3) is 0.556. The first-order chi connectivity index (χ1) is 11.2. The molecular formula is C18H29IN4O. The zero-order valence-corrected chi connectivity index (χ0v) is 16.9. The van der Waals surface area contributed by atoms with Crippen LogP contribution in [0.1, 0.15) is 45.1 Å². The molecule has 0 aliphatic heterocycles. The van der Waals surface area contributed by atoms with Crippen molar-refractivity contribution in [1.82, 2.24) is 10.6 Å². The lowest BCUT2D eigenvalue weighted by molar-refractivity contribution is -0.116. The maximum absolute atomic E-state index is 11.6. The number of aliphatic imine (C=N–C) groups is 1. The van der Waals surface area contributed by atoms with Gasteiger partial charge in [0, 0.05) is 25.2 Å². The molecule has 2 rings (SSSR count). The van der Waals surface area contributed by atoms with Gasteiger partial charge in [-0.3, -0.25) is 4.79 Å². The molecule has 0 heterocycles. The molecule has 1 aromatic rings. The molecule has 134 valence electrons. The van der Waals surface area contributed by atoms with E-state index in [1.165, 1.54) is 12.8 Å². The molecule has 1 amide bonds. The maximum atomic E-state index is 11.6. The Kier molecular flexibility index (Phi) is 9.75. The van der Waals surface area contributed by atoms with Crippen molar-refractivity contribution in [3.8, 4) is 0 Å². The number of carbonyl (C=O) groups excluding carboxylic acids is 1. The minimum atomic E-state index is 0. The van der Waals surface area contributed by atoms with Crippen LogP contribution in [0, 0.1) is 5.92 Å². The first-order valence-electron chi connectivity index (χ1n) is 8.62. The van der Waals surface area contributed by atoms with E-state index in [9.17, 15) is 4.79 Å². The first kappa shape index (κ1) is 20.7. The zero-order valence-electron chi connectivity index (χ0n) is 14.6. The summed E-state index contributed by atoms with van der Waals surface area (Å²) in [7, 11) is 0. The van der Waals surface area contributed by atoms with Gasteiger partial charge in [0.2, 0.25) is 5.91 Å². The largest absolute Gasteiger partial charge is 0.357 e. The van der Waals surface area contributed by atoms with Crippen LogP contribution < -0.4 is 16.0 Å². The average molecular weight is 444 g/mol. The maximum Gasteiger partial charge on any atom is 0.224 e. The van der Waals surface area contributed by atoms with Crippen LogP contribution in [0.5, 0.6) is 0 Å². The van der Waals surface area contributed by atoms with E-state index in [1.807, 2.05) is 31.2 Å². The van der Waals surface area contributed by atoms with Crippen molar-refractivity contribution in [2.75, 3.05) is 18.4 Å². The summed E-state index contributed by atoms with van der Waals surface area (Å²) >= 11 is 0. The normalized spacial score (nSPS) is 13.8. The van der Waals surface area contributed by atoms with E-state index < -0.39 is 0 Å². The van der Waals surface area contributed by atoms with E-state index in [-0.39, 0.29) is 29.9 Å². The van der Waals surface area contributed by atoms with E-state index in [4.69, 9.17) is 0 Å². The molecule has 5 nitrogen and oxygen atoms in total. The first-order valence-corrected chi connectivity index (χ1v) is 8.62. The molecule has 1 aliphatic carbocycles. The molecule has 1 saturated carbocycles. The van der Waals surface area contributed by atoms with E-state index in [0.29, 0.717) is 13.0 Å². The monoisotopic (exact) mass is 444 g/mol. The summed E-state index contributed by atoms with van der Waals surface area (Å²) in [6.45, 7) is 6.57. The summed E-state index contributed by atoms with van der Waals surface area (Å²) in [5.41, 5.74) is 1.97. The Balaban J connectivity index is 0.00000288. The van der Waals surface area contributed by atoms with E-state index in [2.05, 4.69) is 27.9 Å². The van der Waals surface area contributed by atoms with Crippen LogP contribution in [0.3, 0.4) is 0 Å². The minimum Gasteiger partial charge on any atom is -0.357 e. The number of carbonyl (C=O) groups is 1. The van der Waals surface area contributed by atoms with Crippen molar-refractivity contribution >= 4 is 41.5 Å². The fourth-order valence-corrected chi connectivity index (χ4v) is 2.22. The topological polar surface area (TPSA) is 65.5 Å². The Bertz CT molecular complexity index is 526. The lowest BCUT2D eigenvalue weighted by Crippen LogP contribution is -2.38. The van der Waals surface area contributed by atoms with Gasteiger partial charge in [-0.25, -0.2) is 4.99 Å². The molecule has 0 atom stereocenters. The van der Waals surface area contributed by atoms with Crippen LogP contribution >= 0.6 is 24.0 Å². The van der Waals surface area contributed by atoms with Crippen LogP contribution in [-0.2, 0) is 11.3 Å². The molecule has 1 fully saturated rings. The number of hydrogen-bond donors (Lipinski definition) is 3. The van der Waals surface area contributed by atoms with E-state index >= 15 is 0 Å². The Hall–Kier alpha value is -1.31. The molecule has 0 aromatic heterocycles. The van der Waals surface area contributed by atoms with Crippen molar-refractivity contribution < 1.29 is 4.79 Å². The van der Waals surface area contributed by atoms with Gasteiger partial charge in [-0.2, -0.15) is 0 Å². The van der Waals surface area contributed by atoms with Gasteiger partial charge in [-0.15, -0.1) is 24.0 Å². The summed E-state index contributed by atoms with van der Waals surface area (Å²) in [6.07, 6.45) is 4.08. The van der Waals surface area contributed by atoms with Crippen LogP contribution in [0.2, 0.25) is 0 Å². The molecule has 1 aromatic carbocycles. The third kappa shape index (κ3) is 7.99. The number of guanidine groups is 1. The van der Waals surface area contributed by atoms with Crippen LogP contribution in [0.25, 0.3) is 0 Å². The molecule has 24 heavy (non-hydrogen) atoms. The highest BCUT2D eigenvalue weighted by Crippen LogP contribution is 2.27. The second-order valence-corrected chi connectivity index (χ2v) is 6.01. The van der Waals surface area contributed by atoms with Crippen LogP contribution in [0.4, 0.5) is 5.69 Å². The number of rotatable bonds is 8. The SMILES string of the molecule is CCCC(=O)Nc1ccc(CN=C(NCC)NCC2CC2)cc1.I. The summed E-state index contributed by atoms with van der Waals surface area (Å²) in [6, 6.07) is 7.89. The third-order valence-electron chi connectivity index (χ3n) is 3.73. The Morgan fingerprint density at radius 2 is 1.88 bits per heavy atom. The second-order valence-electron chi connectivity index (χ2n) is 6.01. The van der Waals surface area contributed by atoms with Crippen molar-refractivity contribution in [1.29, 1.82) is 0 Å². The van der Waals surface area contributed by atoms with Gasteiger partial charge in [0.1, 0.15) is 0 Å². The highest BCUT2D eigenvalue weighted by atomic mass is 127. The number of benzene rings is 1. The molecule has 1 aliphatic rings. The Morgan fingerprint density at radius 3 is 2.46 bits per heavy atom. The van der Waals surface area contributed by atoms with Gasteiger partial charge < -0.3 is 16.0 Å². The second kappa shape index (κ2) is 11.3. The smallest absolute Gasteiger partial charge is 0.224 e. The van der Waals surface area contributed by atoms with E-state index in [1.54, 1.807) is 0 Å². The Morgan fingerprint density at radius 1 is 1.17 bits per heavy atom. The van der Waals surface area contributed by atoms with Crippen LogP contribution in [0.15, 0.2) is 29.3 Å². The molecule has 0 bridgehead atoms. The molecular weight excluding hydrogens is 415 g/mol. The molecule has 0 radical (unpaired) electrons. The number of nitrogens with zero attached hydrogens (tertiary/aromatic N) is 1. The van der Waals surface area contributed by atoms with Crippen molar-refractivity contribution in [3.05, 3.63) is 29.8 Å². The van der Waals surface area contributed by atoms with Gasteiger partial charge in [-0.05, 0) is 49.8 Å². The van der Waals surface area contributed by atoms with Crippen molar-refractivity contribution in [2.45, 2.75) is 46.1 Å². The number of amides is 1. The number of hydrogen-bond acceptors (Lipinski definition) is 2. The number of nitrogens with one attached hydrogen (secondary N) is 3. The number of anilines is 1. The highest BCUT2D eigenvalue weighted by Gasteiger charge is 2.20. The lowest BCUT2D eigenvalue weighted by Gasteiger charge is -2.11. The van der Waals surface area contributed by atoms with Crippen molar-refractivity contribution in [2.24, 2.45) is 10.9 Å². The van der Waals surface area contributed by atoms with Gasteiger partial charge in [-0.1, -0.05) is 19.1 Å². The third-order valence-corrected chi connectivity index (χ3v) is 3.73. The molecule has 0 saturated heterocycles. The zero-order chi connectivity index (χ0) is 16.5.